The number of benzene rings is 2. The number of nitrogens with zero attached hydrogens (tertiary/aromatic N) is 1. The third-order valence-electron chi connectivity index (χ3n) is 5.28. The van der Waals surface area contributed by atoms with Crippen molar-refractivity contribution in [2.24, 2.45) is 0 Å². The molecule has 26 heavy (non-hydrogen) atoms. The quantitative estimate of drug-likeness (QED) is 0.785. The van der Waals surface area contributed by atoms with Crippen LogP contribution in [0.4, 0.5) is 0 Å². The van der Waals surface area contributed by atoms with Crippen LogP contribution in [0.2, 0.25) is 0 Å². The lowest BCUT2D eigenvalue weighted by atomic mass is 10.1. The zero-order chi connectivity index (χ0) is 18.1. The Morgan fingerprint density at radius 1 is 1.12 bits per heavy atom. The van der Waals surface area contributed by atoms with Crippen molar-refractivity contribution in [1.29, 1.82) is 0 Å². The second-order valence-corrected chi connectivity index (χ2v) is 7.04. The lowest BCUT2D eigenvalue weighted by Gasteiger charge is -2.20. The zero-order valence-corrected chi connectivity index (χ0v) is 15.3. The molecule has 3 aromatic rings. The number of methoxy groups -OCH3 is 1. The molecule has 0 radical (unpaired) electrons. The van der Waals surface area contributed by atoms with Crippen LogP contribution >= 0.6 is 0 Å². The van der Waals surface area contributed by atoms with Gasteiger partial charge in [0.15, 0.2) is 0 Å². The molecule has 4 rings (SSSR count). The molecule has 1 aliphatic rings. The Bertz CT molecular complexity index is 941. The Balaban J connectivity index is 1.48. The highest BCUT2D eigenvalue weighted by atomic mass is 16.5. The van der Waals surface area contributed by atoms with E-state index >= 15 is 0 Å². The SMILES string of the molecule is COc1ccc(CC(=O)N2CCc3[nH]c4ccc(C)cc4c3CC2)cc1. The van der Waals surface area contributed by atoms with Gasteiger partial charge in [0.05, 0.1) is 13.5 Å². The van der Waals surface area contributed by atoms with E-state index in [1.165, 1.54) is 27.7 Å². The van der Waals surface area contributed by atoms with Crippen LogP contribution in [0.25, 0.3) is 10.9 Å². The van der Waals surface area contributed by atoms with Crippen molar-refractivity contribution in [3.8, 4) is 5.75 Å². The first-order valence-electron chi connectivity index (χ1n) is 9.15. The largest absolute Gasteiger partial charge is 0.497 e. The summed E-state index contributed by atoms with van der Waals surface area (Å²) in [4.78, 5) is 18.3. The number of rotatable bonds is 3. The standard InChI is InChI=1S/C22H24N2O2/c1-15-3-8-20-19(13-15)18-9-11-24(12-10-21(18)23-20)22(25)14-16-4-6-17(26-2)7-5-16/h3-8,13,23H,9-12,14H2,1-2H3. The average molecular weight is 348 g/mol. The first-order valence-corrected chi connectivity index (χ1v) is 9.15. The Labute approximate surface area is 153 Å². The summed E-state index contributed by atoms with van der Waals surface area (Å²) in [7, 11) is 1.65. The van der Waals surface area contributed by atoms with Crippen LogP contribution < -0.4 is 4.74 Å². The molecule has 1 aliphatic heterocycles. The predicted octanol–water partition coefficient (Wildman–Crippen LogP) is 3.65. The molecule has 1 amide bonds. The fourth-order valence-electron chi connectivity index (χ4n) is 3.80. The smallest absolute Gasteiger partial charge is 0.227 e. The van der Waals surface area contributed by atoms with Gasteiger partial charge in [-0.2, -0.15) is 0 Å². The number of H-pyrrole nitrogens is 1. The third-order valence-corrected chi connectivity index (χ3v) is 5.28. The van der Waals surface area contributed by atoms with Gasteiger partial charge in [-0.1, -0.05) is 23.8 Å². The van der Waals surface area contributed by atoms with Gasteiger partial charge < -0.3 is 14.6 Å². The molecular formula is C22H24N2O2. The lowest BCUT2D eigenvalue weighted by molar-refractivity contribution is -0.130. The van der Waals surface area contributed by atoms with E-state index in [9.17, 15) is 4.79 Å². The second kappa shape index (κ2) is 6.87. The fraction of sp³-hybridized carbons (Fsp3) is 0.318. The van der Waals surface area contributed by atoms with Gasteiger partial charge in [0.2, 0.25) is 5.91 Å². The van der Waals surface area contributed by atoms with Crippen LogP contribution in [-0.4, -0.2) is 36.0 Å². The van der Waals surface area contributed by atoms with Gasteiger partial charge in [0.1, 0.15) is 5.75 Å². The van der Waals surface area contributed by atoms with Crippen molar-refractivity contribution in [3.05, 3.63) is 64.8 Å². The van der Waals surface area contributed by atoms with Gasteiger partial charge in [-0.15, -0.1) is 0 Å². The monoisotopic (exact) mass is 348 g/mol. The number of carbonyl (C=O) groups excluding carboxylic acids is 1. The summed E-state index contributed by atoms with van der Waals surface area (Å²) in [5.74, 6) is 1.01. The van der Waals surface area contributed by atoms with Gasteiger partial charge >= 0.3 is 0 Å². The highest BCUT2D eigenvalue weighted by molar-refractivity contribution is 5.86. The van der Waals surface area contributed by atoms with Crippen molar-refractivity contribution in [1.82, 2.24) is 9.88 Å². The van der Waals surface area contributed by atoms with E-state index in [0.29, 0.717) is 6.42 Å². The average Bonchev–Trinajstić information content (AvgIpc) is 2.85. The van der Waals surface area contributed by atoms with E-state index in [2.05, 4.69) is 30.1 Å². The summed E-state index contributed by atoms with van der Waals surface area (Å²) in [6.07, 6.45) is 2.24. The van der Waals surface area contributed by atoms with Crippen LogP contribution in [0.15, 0.2) is 42.5 Å². The topological polar surface area (TPSA) is 45.3 Å². The number of aromatic nitrogens is 1. The van der Waals surface area contributed by atoms with Gasteiger partial charge in [0.25, 0.3) is 0 Å². The van der Waals surface area contributed by atoms with Crippen molar-refractivity contribution >= 4 is 16.8 Å². The minimum absolute atomic E-state index is 0.195. The maximum Gasteiger partial charge on any atom is 0.227 e. The van der Waals surface area contributed by atoms with E-state index in [4.69, 9.17) is 4.74 Å². The highest BCUT2D eigenvalue weighted by Gasteiger charge is 2.21. The molecule has 1 N–H and O–H groups in total. The maximum absolute atomic E-state index is 12.7. The summed E-state index contributed by atoms with van der Waals surface area (Å²) >= 11 is 0. The van der Waals surface area contributed by atoms with Crippen molar-refractivity contribution in [2.45, 2.75) is 26.2 Å². The Morgan fingerprint density at radius 3 is 2.65 bits per heavy atom. The number of ether oxygens (including phenoxy) is 1. The molecule has 0 atom stereocenters. The van der Waals surface area contributed by atoms with Gasteiger partial charge in [-0.3, -0.25) is 4.79 Å². The fourth-order valence-corrected chi connectivity index (χ4v) is 3.80. The summed E-state index contributed by atoms with van der Waals surface area (Å²) in [6, 6.07) is 14.3. The summed E-state index contributed by atoms with van der Waals surface area (Å²) in [6.45, 7) is 3.68. The predicted molar refractivity (Wildman–Crippen MR) is 104 cm³/mol. The number of aromatic amines is 1. The molecule has 0 unspecified atom stereocenters. The van der Waals surface area contributed by atoms with Gasteiger partial charge in [0, 0.05) is 36.1 Å². The molecular weight excluding hydrogens is 324 g/mol. The number of aryl methyl sites for hydroxylation is 1. The number of hydrogen-bond donors (Lipinski definition) is 1. The van der Waals surface area contributed by atoms with Crippen LogP contribution in [0.1, 0.15) is 22.4 Å². The Hall–Kier alpha value is -2.75. The molecule has 2 aromatic carbocycles. The van der Waals surface area contributed by atoms with Crippen LogP contribution in [-0.2, 0) is 24.1 Å². The minimum atomic E-state index is 0.195. The summed E-state index contributed by atoms with van der Waals surface area (Å²) in [5, 5.41) is 1.31. The van der Waals surface area contributed by atoms with Crippen molar-refractivity contribution in [3.63, 3.8) is 0 Å². The minimum Gasteiger partial charge on any atom is -0.497 e. The van der Waals surface area contributed by atoms with E-state index in [1.54, 1.807) is 7.11 Å². The molecule has 4 nitrogen and oxygen atoms in total. The van der Waals surface area contributed by atoms with Crippen LogP contribution in [0, 0.1) is 6.92 Å². The van der Waals surface area contributed by atoms with E-state index in [-0.39, 0.29) is 5.91 Å². The maximum atomic E-state index is 12.7. The molecule has 0 saturated heterocycles. The van der Waals surface area contributed by atoms with Crippen molar-refractivity contribution < 1.29 is 9.53 Å². The number of fused-ring (bicyclic) bond motifs is 3. The van der Waals surface area contributed by atoms with E-state index in [0.717, 1.165) is 37.2 Å². The molecule has 4 heteroatoms. The molecule has 0 fully saturated rings. The normalized spacial score (nSPS) is 14.2. The van der Waals surface area contributed by atoms with Crippen molar-refractivity contribution in [2.75, 3.05) is 20.2 Å². The molecule has 0 saturated carbocycles. The number of hydrogen-bond acceptors (Lipinski definition) is 2. The van der Waals surface area contributed by atoms with E-state index in [1.807, 2.05) is 29.2 Å². The molecule has 0 bridgehead atoms. The van der Waals surface area contributed by atoms with Crippen LogP contribution in [0.5, 0.6) is 5.75 Å². The van der Waals surface area contributed by atoms with Gasteiger partial charge in [-0.25, -0.2) is 0 Å². The molecule has 2 heterocycles. The number of amides is 1. The Kier molecular flexibility index (Phi) is 4.41. The third kappa shape index (κ3) is 3.19. The number of carbonyl (C=O) groups is 1. The molecule has 1 aromatic heterocycles. The lowest BCUT2D eigenvalue weighted by Crippen LogP contribution is -2.34. The summed E-state index contributed by atoms with van der Waals surface area (Å²) in [5.41, 5.74) is 6.17. The first-order chi connectivity index (χ1) is 12.6. The summed E-state index contributed by atoms with van der Waals surface area (Å²) < 4.78 is 5.18. The highest BCUT2D eigenvalue weighted by Crippen LogP contribution is 2.27. The Morgan fingerprint density at radius 2 is 1.88 bits per heavy atom. The van der Waals surface area contributed by atoms with Crippen LogP contribution in [0.3, 0.4) is 0 Å². The molecule has 134 valence electrons. The molecule has 0 aliphatic carbocycles. The second-order valence-electron chi connectivity index (χ2n) is 7.04. The first kappa shape index (κ1) is 16.7. The molecule has 0 spiro atoms. The zero-order valence-electron chi connectivity index (χ0n) is 15.3. The number of nitrogens with one attached hydrogen (secondary N) is 1. The van der Waals surface area contributed by atoms with E-state index < -0.39 is 0 Å². The van der Waals surface area contributed by atoms with Gasteiger partial charge in [-0.05, 0) is 48.7 Å².